The standard InChI is InChI=1S/C7H13NO/c1-6-7(2,3)9-5-4-8-6/h4-5H2,1-3H3. The van der Waals surface area contributed by atoms with Gasteiger partial charge in [0.25, 0.3) is 0 Å². The SMILES string of the molecule is CC1=NCCOC1(C)C. The molecule has 0 aliphatic carbocycles. The van der Waals surface area contributed by atoms with E-state index < -0.39 is 0 Å². The average molecular weight is 127 g/mol. The third-order valence-electron chi connectivity index (χ3n) is 1.77. The van der Waals surface area contributed by atoms with Crippen molar-refractivity contribution in [2.75, 3.05) is 13.2 Å². The first-order valence-corrected chi connectivity index (χ1v) is 3.28. The van der Waals surface area contributed by atoms with Crippen LogP contribution < -0.4 is 0 Å². The molecule has 2 nitrogen and oxygen atoms in total. The lowest BCUT2D eigenvalue weighted by molar-refractivity contribution is 0.0308. The van der Waals surface area contributed by atoms with Crippen molar-refractivity contribution in [3.8, 4) is 0 Å². The van der Waals surface area contributed by atoms with E-state index in [4.69, 9.17) is 4.74 Å². The summed E-state index contributed by atoms with van der Waals surface area (Å²) in [5, 5.41) is 0. The van der Waals surface area contributed by atoms with Gasteiger partial charge in [-0.15, -0.1) is 0 Å². The third kappa shape index (κ3) is 1.30. The number of ether oxygens (including phenoxy) is 1. The highest BCUT2D eigenvalue weighted by molar-refractivity contribution is 5.90. The summed E-state index contributed by atoms with van der Waals surface area (Å²) in [6.07, 6.45) is 0. The molecular weight excluding hydrogens is 114 g/mol. The minimum absolute atomic E-state index is 0.113. The van der Waals surface area contributed by atoms with E-state index in [1.54, 1.807) is 0 Å². The Morgan fingerprint density at radius 1 is 1.56 bits per heavy atom. The molecule has 0 aromatic carbocycles. The summed E-state index contributed by atoms with van der Waals surface area (Å²) in [7, 11) is 0. The summed E-state index contributed by atoms with van der Waals surface area (Å²) in [6.45, 7) is 7.70. The monoisotopic (exact) mass is 127 g/mol. The minimum Gasteiger partial charge on any atom is -0.368 e. The maximum absolute atomic E-state index is 5.45. The number of nitrogens with zero attached hydrogens (tertiary/aromatic N) is 1. The molecule has 1 aliphatic heterocycles. The van der Waals surface area contributed by atoms with E-state index in [2.05, 4.69) is 4.99 Å². The summed E-state index contributed by atoms with van der Waals surface area (Å²) in [4.78, 5) is 4.27. The fraction of sp³-hybridized carbons (Fsp3) is 0.857. The van der Waals surface area contributed by atoms with Crippen LogP contribution in [0.4, 0.5) is 0 Å². The number of hydrogen-bond acceptors (Lipinski definition) is 2. The predicted molar refractivity (Wildman–Crippen MR) is 38.0 cm³/mol. The van der Waals surface area contributed by atoms with Gasteiger partial charge in [-0.25, -0.2) is 0 Å². The van der Waals surface area contributed by atoms with Crippen molar-refractivity contribution in [1.29, 1.82) is 0 Å². The second-order valence-corrected chi connectivity index (χ2v) is 2.83. The van der Waals surface area contributed by atoms with Gasteiger partial charge in [0.15, 0.2) is 0 Å². The fourth-order valence-corrected chi connectivity index (χ4v) is 0.809. The molecule has 0 aromatic heterocycles. The molecule has 0 amide bonds. The lowest BCUT2D eigenvalue weighted by Crippen LogP contribution is -2.37. The summed E-state index contributed by atoms with van der Waals surface area (Å²) in [6, 6.07) is 0. The Bertz CT molecular complexity index is 138. The molecule has 0 unspecified atom stereocenters. The summed E-state index contributed by atoms with van der Waals surface area (Å²) in [5.74, 6) is 0. The summed E-state index contributed by atoms with van der Waals surface area (Å²) in [5.41, 5.74) is 0.992. The molecular formula is C7H13NO. The Morgan fingerprint density at radius 2 is 2.22 bits per heavy atom. The van der Waals surface area contributed by atoms with Crippen molar-refractivity contribution >= 4 is 5.71 Å². The molecule has 0 saturated heterocycles. The van der Waals surface area contributed by atoms with Crippen LogP contribution in [0.2, 0.25) is 0 Å². The Labute approximate surface area is 55.9 Å². The molecule has 0 N–H and O–H groups in total. The molecule has 9 heavy (non-hydrogen) atoms. The summed E-state index contributed by atoms with van der Waals surface area (Å²) < 4.78 is 5.45. The van der Waals surface area contributed by atoms with Crippen molar-refractivity contribution in [1.82, 2.24) is 0 Å². The lowest BCUT2D eigenvalue weighted by atomic mass is 10.0. The van der Waals surface area contributed by atoms with Crippen molar-refractivity contribution in [3.05, 3.63) is 0 Å². The molecule has 0 saturated carbocycles. The summed E-state index contributed by atoms with van der Waals surface area (Å²) >= 11 is 0. The zero-order chi connectivity index (χ0) is 6.91. The van der Waals surface area contributed by atoms with E-state index in [0.717, 1.165) is 18.9 Å². The van der Waals surface area contributed by atoms with E-state index in [-0.39, 0.29) is 5.60 Å². The topological polar surface area (TPSA) is 21.6 Å². The van der Waals surface area contributed by atoms with Gasteiger partial charge in [0.05, 0.1) is 18.8 Å². The lowest BCUT2D eigenvalue weighted by Gasteiger charge is -2.28. The molecule has 0 spiro atoms. The highest BCUT2D eigenvalue weighted by Gasteiger charge is 2.24. The molecule has 0 bridgehead atoms. The van der Waals surface area contributed by atoms with Crippen LogP contribution in [0.25, 0.3) is 0 Å². The first-order valence-electron chi connectivity index (χ1n) is 3.28. The minimum atomic E-state index is -0.113. The van der Waals surface area contributed by atoms with Crippen molar-refractivity contribution in [3.63, 3.8) is 0 Å². The Balaban J connectivity index is 2.73. The van der Waals surface area contributed by atoms with Crippen LogP contribution in [0, 0.1) is 0 Å². The normalized spacial score (nSPS) is 25.4. The maximum Gasteiger partial charge on any atom is 0.0999 e. The van der Waals surface area contributed by atoms with Crippen molar-refractivity contribution in [2.24, 2.45) is 4.99 Å². The maximum atomic E-state index is 5.45. The zero-order valence-electron chi connectivity index (χ0n) is 6.27. The van der Waals surface area contributed by atoms with Crippen LogP contribution in [0.3, 0.4) is 0 Å². The molecule has 52 valence electrons. The second-order valence-electron chi connectivity index (χ2n) is 2.83. The first-order chi connectivity index (χ1) is 4.13. The van der Waals surface area contributed by atoms with E-state index in [1.807, 2.05) is 20.8 Å². The molecule has 2 heteroatoms. The quantitative estimate of drug-likeness (QED) is 0.480. The van der Waals surface area contributed by atoms with Gasteiger partial charge in [-0.3, -0.25) is 4.99 Å². The molecule has 0 fully saturated rings. The number of hydrogen-bond donors (Lipinski definition) is 0. The van der Waals surface area contributed by atoms with Crippen LogP contribution in [-0.2, 0) is 4.74 Å². The molecule has 1 rings (SSSR count). The van der Waals surface area contributed by atoms with Gasteiger partial charge in [-0.1, -0.05) is 0 Å². The van der Waals surface area contributed by atoms with Crippen molar-refractivity contribution in [2.45, 2.75) is 26.4 Å². The molecule has 0 aromatic rings. The zero-order valence-corrected chi connectivity index (χ0v) is 6.27. The Kier molecular flexibility index (Phi) is 1.58. The highest BCUT2D eigenvalue weighted by Crippen LogP contribution is 2.14. The second kappa shape index (κ2) is 2.10. The van der Waals surface area contributed by atoms with Gasteiger partial charge < -0.3 is 4.74 Å². The first kappa shape index (κ1) is 6.75. The Morgan fingerprint density at radius 3 is 2.56 bits per heavy atom. The Hall–Kier alpha value is -0.370. The molecule has 1 aliphatic rings. The highest BCUT2D eigenvalue weighted by atomic mass is 16.5. The van der Waals surface area contributed by atoms with Gasteiger partial charge in [-0.05, 0) is 20.8 Å². The van der Waals surface area contributed by atoms with Gasteiger partial charge in [-0.2, -0.15) is 0 Å². The van der Waals surface area contributed by atoms with Crippen LogP contribution >= 0.6 is 0 Å². The van der Waals surface area contributed by atoms with E-state index >= 15 is 0 Å². The van der Waals surface area contributed by atoms with Crippen LogP contribution in [-0.4, -0.2) is 24.5 Å². The van der Waals surface area contributed by atoms with Gasteiger partial charge >= 0.3 is 0 Å². The largest absolute Gasteiger partial charge is 0.368 e. The van der Waals surface area contributed by atoms with Crippen molar-refractivity contribution < 1.29 is 4.74 Å². The molecule has 0 radical (unpaired) electrons. The fourth-order valence-electron chi connectivity index (χ4n) is 0.809. The van der Waals surface area contributed by atoms with E-state index in [9.17, 15) is 0 Å². The van der Waals surface area contributed by atoms with Crippen LogP contribution in [0.1, 0.15) is 20.8 Å². The van der Waals surface area contributed by atoms with Gasteiger partial charge in [0.1, 0.15) is 0 Å². The average Bonchev–Trinajstić information content (AvgIpc) is 1.77. The number of rotatable bonds is 0. The van der Waals surface area contributed by atoms with Gasteiger partial charge in [0.2, 0.25) is 0 Å². The third-order valence-corrected chi connectivity index (χ3v) is 1.77. The van der Waals surface area contributed by atoms with E-state index in [0.29, 0.717) is 0 Å². The van der Waals surface area contributed by atoms with Crippen LogP contribution in [0.15, 0.2) is 4.99 Å². The van der Waals surface area contributed by atoms with Gasteiger partial charge in [0, 0.05) is 5.71 Å². The predicted octanol–water partition coefficient (Wildman–Crippen LogP) is 1.26. The smallest absolute Gasteiger partial charge is 0.0999 e. The molecule has 1 heterocycles. The number of aliphatic imine (C=N–C) groups is 1. The van der Waals surface area contributed by atoms with E-state index in [1.165, 1.54) is 0 Å². The van der Waals surface area contributed by atoms with Crippen LogP contribution in [0.5, 0.6) is 0 Å². The molecule has 0 atom stereocenters.